The normalized spacial score (nSPS) is 10.6. The lowest BCUT2D eigenvalue weighted by atomic mass is 10.3. The van der Waals surface area contributed by atoms with Gasteiger partial charge in [-0.05, 0) is 36.4 Å². The highest BCUT2D eigenvalue weighted by atomic mass is 79.9. The zero-order valence-corrected chi connectivity index (χ0v) is 18.8. The molecule has 3 rings (SSSR count). The molecule has 0 aliphatic heterocycles. The van der Waals surface area contributed by atoms with Crippen molar-refractivity contribution in [3.63, 3.8) is 0 Å². The minimum atomic E-state index is -0.515. The minimum absolute atomic E-state index is 0.0203. The quantitative estimate of drug-likeness (QED) is 0.311. The summed E-state index contributed by atoms with van der Waals surface area (Å²) < 4.78 is 21.7. The van der Waals surface area contributed by atoms with E-state index >= 15 is 0 Å². The molecule has 0 unspecified atom stereocenters. The number of amides is 1. The maximum absolute atomic E-state index is 13.3. The molecular weight excluding hydrogens is 495 g/mol. The number of aromatic nitrogens is 3. The monoisotopic (exact) mass is 510 g/mol. The van der Waals surface area contributed by atoms with Gasteiger partial charge >= 0.3 is 0 Å². The Morgan fingerprint density at radius 1 is 1.30 bits per heavy atom. The number of ether oxygens (including phenoxy) is 1. The molecule has 0 saturated carbocycles. The Kier molecular flexibility index (Phi) is 7.89. The Morgan fingerprint density at radius 3 is 2.77 bits per heavy atom. The molecule has 0 bridgehead atoms. The van der Waals surface area contributed by atoms with Crippen LogP contribution in [0.25, 0.3) is 0 Å². The van der Waals surface area contributed by atoms with Gasteiger partial charge < -0.3 is 10.1 Å². The number of allylic oxidation sites excluding steroid dienone is 1. The van der Waals surface area contributed by atoms with E-state index in [0.717, 1.165) is 4.47 Å². The fourth-order valence-corrected chi connectivity index (χ4v) is 3.62. The van der Waals surface area contributed by atoms with E-state index in [2.05, 4.69) is 38.0 Å². The first kappa shape index (κ1) is 22.3. The van der Waals surface area contributed by atoms with Crippen molar-refractivity contribution < 1.29 is 13.9 Å². The molecule has 2 aromatic carbocycles. The molecule has 0 atom stereocenters. The van der Waals surface area contributed by atoms with E-state index in [1.54, 1.807) is 10.6 Å². The second-order valence-corrected chi connectivity index (χ2v) is 8.27. The summed E-state index contributed by atoms with van der Waals surface area (Å²) in [6.45, 7) is 4.30. The predicted octanol–water partition coefficient (Wildman–Crippen LogP) is 5.33. The van der Waals surface area contributed by atoms with Gasteiger partial charge in [-0.2, -0.15) is 0 Å². The van der Waals surface area contributed by atoms with Gasteiger partial charge in [-0.15, -0.1) is 16.8 Å². The largest absolute Gasteiger partial charge is 0.486 e. The van der Waals surface area contributed by atoms with Crippen LogP contribution in [0, 0.1) is 5.82 Å². The number of carbonyl (C=O) groups excluding carboxylic acids is 1. The number of hydrogen-bond acceptors (Lipinski definition) is 5. The first-order valence-corrected chi connectivity index (χ1v) is 10.9. The molecule has 0 spiro atoms. The number of benzene rings is 2. The van der Waals surface area contributed by atoms with Gasteiger partial charge in [0.2, 0.25) is 5.91 Å². The lowest BCUT2D eigenvalue weighted by Crippen LogP contribution is -2.15. The van der Waals surface area contributed by atoms with E-state index < -0.39 is 5.82 Å². The molecule has 156 valence electrons. The van der Waals surface area contributed by atoms with Crippen molar-refractivity contribution >= 4 is 50.9 Å². The van der Waals surface area contributed by atoms with E-state index in [0.29, 0.717) is 29.0 Å². The predicted molar refractivity (Wildman–Crippen MR) is 119 cm³/mol. The minimum Gasteiger partial charge on any atom is -0.486 e. The third-order valence-electron chi connectivity index (χ3n) is 3.82. The van der Waals surface area contributed by atoms with Crippen LogP contribution in [0.3, 0.4) is 0 Å². The summed E-state index contributed by atoms with van der Waals surface area (Å²) >= 11 is 10.4. The van der Waals surface area contributed by atoms with Crippen molar-refractivity contribution in [2.24, 2.45) is 0 Å². The van der Waals surface area contributed by atoms with Crippen molar-refractivity contribution in [1.82, 2.24) is 14.8 Å². The van der Waals surface area contributed by atoms with E-state index in [-0.39, 0.29) is 23.3 Å². The first-order chi connectivity index (χ1) is 14.5. The molecular formula is C20H17BrClFN4O2S. The average molecular weight is 512 g/mol. The van der Waals surface area contributed by atoms with Gasteiger partial charge in [0.1, 0.15) is 18.2 Å². The average Bonchev–Trinajstić information content (AvgIpc) is 3.11. The van der Waals surface area contributed by atoms with Crippen LogP contribution in [0.2, 0.25) is 5.02 Å². The molecule has 6 nitrogen and oxygen atoms in total. The molecule has 1 N–H and O–H groups in total. The summed E-state index contributed by atoms with van der Waals surface area (Å²) in [5.74, 6) is 0.455. The third kappa shape index (κ3) is 6.07. The number of nitrogens with one attached hydrogen (secondary N) is 1. The number of anilines is 1. The molecule has 3 aromatic rings. The molecule has 1 amide bonds. The van der Waals surface area contributed by atoms with Gasteiger partial charge in [0.15, 0.2) is 11.0 Å². The number of nitrogens with zero attached hydrogens (tertiary/aromatic N) is 3. The summed E-state index contributed by atoms with van der Waals surface area (Å²) in [5.41, 5.74) is 0.711. The smallest absolute Gasteiger partial charge is 0.234 e. The summed E-state index contributed by atoms with van der Waals surface area (Å²) in [6.07, 6.45) is 1.70. The van der Waals surface area contributed by atoms with Gasteiger partial charge in [-0.25, -0.2) is 4.39 Å². The topological polar surface area (TPSA) is 69.0 Å². The number of carbonyl (C=O) groups is 1. The Hall–Kier alpha value is -2.36. The lowest BCUT2D eigenvalue weighted by Gasteiger charge is -2.10. The standard InChI is InChI=1S/C20H17BrClFN4O2S/c1-2-9-27-18(11-29-15-7-8-17(23)16(22)10-15)25-26-20(27)30-12-19(28)24-14-5-3-13(21)4-6-14/h2-8,10H,1,9,11-12H2,(H,24,28). The Bertz CT molecular complexity index is 1050. The van der Waals surface area contributed by atoms with Gasteiger partial charge in [0, 0.05) is 22.8 Å². The van der Waals surface area contributed by atoms with Gasteiger partial charge in [0.05, 0.1) is 10.8 Å². The summed E-state index contributed by atoms with van der Waals surface area (Å²) in [4.78, 5) is 12.2. The fraction of sp³-hybridized carbons (Fsp3) is 0.150. The van der Waals surface area contributed by atoms with Crippen LogP contribution in [-0.2, 0) is 17.9 Å². The van der Waals surface area contributed by atoms with E-state index in [1.807, 2.05) is 24.3 Å². The van der Waals surface area contributed by atoms with Crippen LogP contribution in [0.5, 0.6) is 5.75 Å². The highest BCUT2D eigenvalue weighted by Gasteiger charge is 2.14. The van der Waals surface area contributed by atoms with Crippen molar-refractivity contribution in [2.75, 3.05) is 11.1 Å². The van der Waals surface area contributed by atoms with Gasteiger partial charge in [-0.1, -0.05) is 45.4 Å². The van der Waals surface area contributed by atoms with Crippen molar-refractivity contribution in [3.8, 4) is 5.75 Å². The molecule has 1 aromatic heterocycles. The molecule has 10 heteroatoms. The number of rotatable bonds is 9. The van der Waals surface area contributed by atoms with Crippen LogP contribution in [0.4, 0.5) is 10.1 Å². The lowest BCUT2D eigenvalue weighted by molar-refractivity contribution is -0.113. The molecule has 0 radical (unpaired) electrons. The number of hydrogen-bond donors (Lipinski definition) is 1. The maximum atomic E-state index is 13.3. The third-order valence-corrected chi connectivity index (χ3v) is 5.61. The molecule has 0 fully saturated rings. The Balaban J connectivity index is 1.61. The SMILES string of the molecule is C=CCn1c(COc2ccc(F)c(Cl)c2)nnc1SCC(=O)Nc1ccc(Br)cc1. The van der Waals surface area contributed by atoms with Crippen molar-refractivity contribution in [3.05, 3.63) is 76.3 Å². The van der Waals surface area contributed by atoms with Gasteiger partial charge in [0.25, 0.3) is 0 Å². The maximum Gasteiger partial charge on any atom is 0.234 e. The van der Waals surface area contributed by atoms with Crippen LogP contribution in [-0.4, -0.2) is 26.4 Å². The zero-order chi connectivity index (χ0) is 21.5. The number of thioether (sulfide) groups is 1. The van der Waals surface area contributed by atoms with E-state index in [9.17, 15) is 9.18 Å². The molecule has 0 aliphatic rings. The fourth-order valence-electron chi connectivity index (χ4n) is 2.42. The summed E-state index contributed by atoms with van der Waals surface area (Å²) in [5, 5.41) is 11.7. The first-order valence-electron chi connectivity index (χ1n) is 8.75. The molecule has 1 heterocycles. The highest BCUT2D eigenvalue weighted by Crippen LogP contribution is 2.23. The van der Waals surface area contributed by atoms with Crippen LogP contribution in [0.1, 0.15) is 5.82 Å². The molecule has 0 saturated heterocycles. The molecule has 30 heavy (non-hydrogen) atoms. The molecule has 0 aliphatic carbocycles. The zero-order valence-electron chi connectivity index (χ0n) is 15.6. The number of halogens is 3. The van der Waals surface area contributed by atoms with E-state index in [1.165, 1.54) is 30.0 Å². The van der Waals surface area contributed by atoms with Crippen LogP contribution >= 0.6 is 39.3 Å². The van der Waals surface area contributed by atoms with E-state index in [4.69, 9.17) is 16.3 Å². The van der Waals surface area contributed by atoms with Crippen molar-refractivity contribution in [1.29, 1.82) is 0 Å². The Labute approximate surface area is 190 Å². The van der Waals surface area contributed by atoms with Crippen LogP contribution < -0.4 is 10.1 Å². The highest BCUT2D eigenvalue weighted by molar-refractivity contribution is 9.10. The summed E-state index contributed by atoms with van der Waals surface area (Å²) in [6, 6.07) is 11.4. The summed E-state index contributed by atoms with van der Waals surface area (Å²) in [7, 11) is 0. The second kappa shape index (κ2) is 10.6. The second-order valence-electron chi connectivity index (χ2n) is 6.01. The van der Waals surface area contributed by atoms with Crippen molar-refractivity contribution in [2.45, 2.75) is 18.3 Å². The van der Waals surface area contributed by atoms with Crippen LogP contribution in [0.15, 0.2) is 64.7 Å². The Morgan fingerprint density at radius 2 is 2.07 bits per heavy atom. The van der Waals surface area contributed by atoms with Gasteiger partial charge in [-0.3, -0.25) is 9.36 Å².